The monoisotopic (exact) mass is 258 g/mol. The van der Waals surface area contributed by atoms with Crippen molar-refractivity contribution < 1.29 is 9.53 Å². The van der Waals surface area contributed by atoms with Gasteiger partial charge in [0.15, 0.2) is 0 Å². The molecule has 2 rings (SSSR count). The third kappa shape index (κ3) is 2.74. The molecule has 0 saturated heterocycles. The Balaban J connectivity index is 2.17. The summed E-state index contributed by atoms with van der Waals surface area (Å²) in [6, 6.07) is 14.0. The van der Waals surface area contributed by atoms with Crippen molar-refractivity contribution >= 4 is 29.4 Å². The molecule has 0 aromatic heterocycles. The molecular formula is C15H14O2S. The predicted octanol–water partition coefficient (Wildman–Crippen LogP) is 3.37. The van der Waals surface area contributed by atoms with Crippen LogP contribution in [0.25, 0.3) is 10.8 Å². The molecule has 3 heteroatoms. The highest BCUT2D eigenvalue weighted by atomic mass is 32.1. The van der Waals surface area contributed by atoms with Crippen LogP contribution in [0.15, 0.2) is 54.6 Å². The molecule has 0 bridgehead atoms. The first kappa shape index (κ1) is 12.7. The van der Waals surface area contributed by atoms with Crippen LogP contribution in [0.5, 0.6) is 0 Å². The fourth-order valence-corrected chi connectivity index (χ4v) is 1.86. The number of carbonyl (C=O) groups is 1. The predicted molar refractivity (Wildman–Crippen MR) is 76.7 cm³/mol. The van der Waals surface area contributed by atoms with Crippen LogP contribution < -0.4 is 0 Å². The molecule has 0 heterocycles. The van der Waals surface area contributed by atoms with Gasteiger partial charge in [-0.2, -0.15) is 12.6 Å². The Kier molecular flexibility index (Phi) is 4.05. The molecule has 2 aromatic rings. The Bertz CT molecular complexity index is 585. The first-order valence-electron chi connectivity index (χ1n) is 5.65. The molecule has 0 unspecified atom stereocenters. The minimum atomic E-state index is -0.391. The second-order valence-corrected chi connectivity index (χ2v) is 4.29. The van der Waals surface area contributed by atoms with E-state index in [1.54, 1.807) is 0 Å². The largest absolute Gasteiger partial charge is 0.457 e. The molecule has 0 fully saturated rings. The van der Waals surface area contributed by atoms with Crippen LogP contribution in [-0.4, -0.2) is 11.7 Å². The van der Waals surface area contributed by atoms with Crippen molar-refractivity contribution in [3.63, 3.8) is 0 Å². The number of hydrogen-bond acceptors (Lipinski definition) is 3. The molecule has 0 N–H and O–H groups in total. The molecule has 0 aliphatic rings. The highest BCUT2D eigenvalue weighted by Gasteiger charge is 2.08. The maximum atomic E-state index is 11.5. The molecule has 0 atom stereocenters. The second kappa shape index (κ2) is 5.74. The first-order chi connectivity index (χ1) is 8.72. The molecule has 0 aliphatic heterocycles. The van der Waals surface area contributed by atoms with Crippen LogP contribution in [0.4, 0.5) is 0 Å². The third-order valence-electron chi connectivity index (χ3n) is 2.72. The lowest BCUT2D eigenvalue weighted by Gasteiger charge is -2.08. The summed E-state index contributed by atoms with van der Waals surface area (Å²) in [5, 5.41) is 2.24. The van der Waals surface area contributed by atoms with Gasteiger partial charge in [0.2, 0.25) is 0 Å². The Labute approximate surface area is 112 Å². The second-order valence-electron chi connectivity index (χ2n) is 3.98. The summed E-state index contributed by atoms with van der Waals surface area (Å²) in [6.45, 7) is 3.85. The lowest BCUT2D eigenvalue weighted by molar-refractivity contribution is -0.140. The van der Waals surface area contributed by atoms with E-state index in [0.717, 1.165) is 16.3 Å². The van der Waals surface area contributed by atoms with E-state index in [2.05, 4.69) is 19.2 Å². The van der Waals surface area contributed by atoms with Gasteiger partial charge in [0.1, 0.15) is 6.61 Å². The fourth-order valence-electron chi connectivity index (χ4n) is 1.73. The Hall–Kier alpha value is -1.74. The molecule has 2 aromatic carbocycles. The average Bonchev–Trinajstić information content (AvgIpc) is 2.43. The zero-order chi connectivity index (χ0) is 13.0. The zero-order valence-electron chi connectivity index (χ0n) is 9.93. The maximum absolute atomic E-state index is 11.5. The number of hydrogen-bond donors (Lipinski definition) is 1. The molecule has 0 spiro atoms. The number of ether oxygens (including phenoxy) is 1. The van der Waals surface area contributed by atoms with Crippen molar-refractivity contribution in [3.8, 4) is 0 Å². The van der Waals surface area contributed by atoms with E-state index < -0.39 is 5.97 Å². The molecule has 18 heavy (non-hydrogen) atoms. The summed E-state index contributed by atoms with van der Waals surface area (Å²) in [7, 11) is 0. The van der Waals surface area contributed by atoms with E-state index in [0.29, 0.717) is 11.3 Å². The lowest BCUT2D eigenvalue weighted by atomic mass is 10.1. The molecule has 92 valence electrons. The molecular weight excluding hydrogens is 244 g/mol. The van der Waals surface area contributed by atoms with Gasteiger partial charge in [-0.25, -0.2) is 4.79 Å². The van der Waals surface area contributed by atoms with Crippen LogP contribution in [0.1, 0.15) is 5.56 Å². The van der Waals surface area contributed by atoms with Gasteiger partial charge in [0, 0.05) is 11.3 Å². The van der Waals surface area contributed by atoms with E-state index in [4.69, 9.17) is 4.74 Å². The molecule has 2 nitrogen and oxygen atoms in total. The van der Waals surface area contributed by atoms with Crippen molar-refractivity contribution in [1.29, 1.82) is 0 Å². The molecule has 0 saturated carbocycles. The fraction of sp³-hybridized carbons (Fsp3) is 0.133. The van der Waals surface area contributed by atoms with E-state index in [9.17, 15) is 4.79 Å². The molecule has 0 radical (unpaired) electrons. The minimum absolute atomic E-state index is 0.257. The molecule has 0 amide bonds. The summed E-state index contributed by atoms with van der Waals surface area (Å²) in [5.74, 6) is -0.0769. The van der Waals surface area contributed by atoms with Crippen molar-refractivity contribution in [2.45, 2.75) is 6.61 Å². The van der Waals surface area contributed by atoms with Crippen LogP contribution in [0, 0.1) is 0 Å². The average molecular weight is 258 g/mol. The van der Waals surface area contributed by atoms with Gasteiger partial charge in [-0.3, -0.25) is 0 Å². The number of carbonyl (C=O) groups excluding carboxylic acids is 1. The normalized spacial score (nSPS) is 10.3. The lowest BCUT2D eigenvalue weighted by Crippen LogP contribution is -2.08. The number of fused-ring (bicyclic) bond motifs is 1. The van der Waals surface area contributed by atoms with Gasteiger partial charge in [0.05, 0.1) is 0 Å². The van der Waals surface area contributed by atoms with Gasteiger partial charge in [0.25, 0.3) is 0 Å². The number of esters is 1. The smallest absolute Gasteiger partial charge is 0.334 e. The zero-order valence-corrected chi connectivity index (χ0v) is 10.8. The van der Waals surface area contributed by atoms with Crippen LogP contribution in [0.2, 0.25) is 0 Å². The summed E-state index contributed by atoms with van der Waals surface area (Å²) in [4.78, 5) is 11.5. The van der Waals surface area contributed by atoms with Crippen molar-refractivity contribution in [2.24, 2.45) is 0 Å². The standard InChI is InChI=1S/C15H14O2S/c1-11(10-18)15(16)17-9-13-7-4-6-12-5-2-3-8-14(12)13/h2-8,18H,1,9-10H2. The Morgan fingerprint density at radius 2 is 1.89 bits per heavy atom. The van der Waals surface area contributed by atoms with Crippen molar-refractivity contribution in [2.75, 3.05) is 5.75 Å². The van der Waals surface area contributed by atoms with E-state index in [1.165, 1.54) is 0 Å². The van der Waals surface area contributed by atoms with Crippen LogP contribution >= 0.6 is 12.6 Å². The number of rotatable bonds is 4. The Morgan fingerprint density at radius 1 is 1.17 bits per heavy atom. The molecule has 0 aliphatic carbocycles. The van der Waals surface area contributed by atoms with Gasteiger partial charge in [-0.15, -0.1) is 0 Å². The minimum Gasteiger partial charge on any atom is -0.457 e. The van der Waals surface area contributed by atoms with Crippen LogP contribution in [-0.2, 0) is 16.1 Å². The van der Waals surface area contributed by atoms with Gasteiger partial charge in [-0.05, 0) is 16.3 Å². The summed E-state index contributed by atoms with van der Waals surface area (Å²) < 4.78 is 5.20. The highest BCUT2D eigenvalue weighted by molar-refractivity contribution is 7.80. The summed E-state index contributed by atoms with van der Waals surface area (Å²) in [5.41, 5.74) is 1.37. The number of thiol groups is 1. The Morgan fingerprint density at radius 3 is 2.67 bits per heavy atom. The van der Waals surface area contributed by atoms with E-state index in [1.807, 2.05) is 42.5 Å². The highest BCUT2D eigenvalue weighted by Crippen LogP contribution is 2.19. The van der Waals surface area contributed by atoms with Gasteiger partial charge in [-0.1, -0.05) is 49.0 Å². The summed E-state index contributed by atoms with van der Waals surface area (Å²) in [6.07, 6.45) is 0. The summed E-state index contributed by atoms with van der Waals surface area (Å²) >= 11 is 3.99. The van der Waals surface area contributed by atoms with Gasteiger partial charge < -0.3 is 4.74 Å². The number of benzene rings is 2. The van der Waals surface area contributed by atoms with E-state index in [-0.39, 0.29) is 6.61 Å². The van der Waals surface area contributed by atoms with Gasteiger partial charge >= 0.3 is 5.97 Å². The quantitative estimate of drug-likeness (QED) is 0.517. The maximum Gasteiger partial charge on any atom is 0.334 e. The van der Waals surface area contributed by atoms with Crippen molar-refractivity contribution in [1.82, 2.24) is 0 Å². The SMILES string of the molecule is C=C(CS)C(=O)OCc1cccc2ccccc12. The van der Waals surface area contributed by atoms with E-state index >= 15 is 0 Å². The first-order valence-corrected chi connectivity index (χ1v) is 6.28. The van der Waals surface area contributed by atoms with Crippen molar-refractivity contribution in [3.05, 3.63) is 60.2 Å². The third-order valence-corrected chi connectivity index (χ3v) is 3.10. The topological polar surface area (TPSA) is 26.3 Å². The van der Waals surface area contributed by atoms with Crippen LogP contribution in [0.3, 0.4) is 0 Å².